The first-order valence-corrected chi connectivity index (χ1v) is 9.54. The van der Waals surface area contributed by atoms with Crippen LogP contribution in [0.25, 0.3) is 0 Å². The summed E-state index contributed by atoms with van der Waals surface area (Å²) in [7, 11) is 2.14. The van der Waals surface area contributed by atoms with Crippen LogP contribution >= 0.6 is 11.6 Å². The Bertz CT molecular complexity index is 904. The van der Waals surface area contributed by atoms with Crippen LogP contribution in [0.5, 0.6) is 0 Å². The molecule has 0 aromatic heterocycles. The molecule has 1 N–H and O–H groups in total. The summed E-state index contributed by atoms with van der Waals surface area (Å²) in [6.07, 6.45) is 2.77. The van der Waals surface area contributed by atoms with Crippen molar-refractivity contribution in [2.75, 3.05) is 11.9 Å². The molecule has 142 valence electrons. The molecule has 3 rings (SSSR count). The van der Waals surface area contributed by atoms with Gasteiger partial charge < -0.3 is 4.90 Å². The van der Waals surface area contributed by atoms with Crippen LogP contribution in [0.3, 0.4) is 0 Å². The Kier molecular flexibility index (Phi) is 5.29. The maximum absolute atomic E-state index is 12.3. The van der Waals surface area contributed by atoms with E-state index in [-0.39, 0.29) is 11.4 Å². The van der Waals surface area contributed by atoms with Crippen LogP contribution in [0.15, 0.2) is 41.5 Å². The molecule has 2 aromatic rings. The van der Waals surface area contributed by atoms with Crippen molar-refractivity contribution in [3.8, 4) is 0 Å². The summed E-state index contributed by atoms with van der Waals surface area (Å²) < 4.78 is 0. The van der Waals surface area contributed by atoms with Crippen LogP contribution in [-0.2, 0) is 0 Å². The quantitative estimate of drug-likeness (QED) is 0.589. The number of hydrogen-bond donors (Lipinski definition) is 1. The van der Waals surface area contributed by atoms with E-state index in [9.17, 15) is 4.79 Å². The van der Waals surface area contributed by atoms with Crippen molar-refractivity contribution in [3.63, 3.8) is 0 Å². The second-order valence-electron chi connectivity index (χ2n) is 7.98. The third kappa shape index (κ3) is 4.01. The van der Waals surface area contributed by atoms with Gasteiger partial charge in [-0.15, -0.1) is 0 Å². The minimum absolute atomic E-state index is 0.142. The van der Waals surface area contributed by atoms with Gasteiger partial charge >= 0.3 is 0 Å². The van der Waals surface area contributed by atoms with Gasteiger partial charge in [0.25, 0.3) is 5.91 Å². The molecule has 1 aliphatic heterocycles. The molecule has 0 spiro atoms. The van der Waals surface area contributed by atoms with Crippen LogP contribution in [0.2, 0.25) is 5.02 Å². The summed E-state index contributed by atoms with van der Waals surface area (Å²) in [5.74, 6) is 0.157. The Labute approximate surface area is 166 Å². The normalized spacial score (nSPS) is 18.4. The number of hydrazone groups is 1. The summed E-state index contributed by atoms with van der Waals surface area (Å²) in [6, 6.07) is 11.6. The topological polar surface area (TPSA) is 44.7 Å². The molecule has 1 amide bonds. The highest BCUT2D eigenvalue weighted by Crippen LogP contribution is 2.42. The first-order chi connectivity index (χ1) is 12.7. The molecular weight excluding hydrogens is 358 g/mol. The lowest BCUT2D eigenvalue weighted by Gasteiger charge is -2.45. The fourth-order valence-corrected chi connectivity index (χ4v) is 4.03. The van der Waals surface area contributed by atoms with Crippen molar-refractivity contribution in [2.45, 2.75) is 45.6 Å². The van der Waals surface area contributed by atoms with E-state index in [0.29, 0.717) is 16.5 Å². The maximum Gasteiger partial charge on any atom is 0.272 e. The van der Waals surface area contributed by atoms with E-state index in [1.54, 1.807) is 18.3 Å². The van der Waals surface area contributed by atoms with E-state index in [4.69, 9.17) is 11.6 Å². The number of nitrogens with zero attached hydrogens (tertiary/aromatic N) is 2. The van der Waals surface area contributed by atoms with Crippen LogP contribution < -0.4 is 10.3 Å². The summed E-state index contributed by atoms with van der Waals surface area (Å²) in [4.78, 5) is 14.6. The number of nitrogens with one attached hydrogen (secondary N) is 1. The molecule has 0 saturated carbocycles. The highest BCUT2D eigenvalue weighted by molar-refractivity contribution is 6.33. The zero-order valence-electron chi connectivity index (χ0n) is 16.5. The average molecular weight is 384 g/mol. The predicted molar refractivity (Wildman–Crippen MR) is 113 cm³/mol. The van der Waals surface area contributed by atoms with Gasteiger partial charge in [-0.3, -0.25) is 4.79 Å². The SMILES string of the molecule is Cc1ccc(C(=O)N/N=C\c2ccc3c(c2)C(C)CC(C)(C)N3C)c(Cl)c1. The molecule has 1 unspecified atom stereocenters. The Hall–Kier alpha value is -2.33. The van der Waals surface area contributed by atoms with Gasteiger partial charge in [-0.2, -0.15) is 5.10 Å². The molecule has 0 saturated heterocycles. The van der Waals surface area contributed by atoms with E-state index in [1.165, 1.54) is 11.3 Å². The highest BCUT2D eigenvalue weighted by Gasteiger charge is 2.33. The second-order valence-corrected chi connectivity index (χ2v) is 8.38. The van der Waals surface area contributed by atoms with E-state index < -0.39 is 0 Å². The molecule has 4 nitrogen and oxygen atoms in total. The molecule has 1 aliphatic rings. The minimum atomic E-state index is -0.316. The minimum Gasteiger partial charge on any atom is -0.369 e. The summed E-state index contributed by atoms with van der Waals surface area (Å²) in [5.41, 5.74) is 7.66. The molecule has 2 aromatic carbocycles. The van der Waals surface area contributed by atoms with E-state index >= 15 is 0 Å². The van der Waals surface area contributed by atoms with E-state index in [0.717, 1.165) is 17.5 Å². The Morgan fingerprint density at radius 3 is 2.74 bits per heavy atom. The number of hydrogen-bond acceptors (Lipinski definition) is 3. The van der Waals surface area contributed by atoms with Gasteiger partial charge in [0, 0.05) is 18.3 Å². The molecule has 5 heteroatoms. The number of aryl methyl sites for hydroxylation is 1. The van der Waals surface area contributed by atoms with Crippen LogP contribution in [0.1, 0.15) is 60.2 Å². The van der Waals surface area contributed by atoms with Crippen LogP contribution in [0, 0.1) is 6.92 Å². The van der Waals surface area contributed by atoms with Crippen LogP contribution in [-0.4, -0.2) is 24.7 Å². The van der Waals surface area contributed by atoms with Gasteiger partial charge in [0.1, 0.15) is 0 Å². The summed E-state index contributed by atoms with van der Waals surface area (Å²) in [6.45, 7) is 8.73. The van der Waals surface area contributed by atoms with Gasteiger partial charge in [0.15, 0.2) is 0 Å². The number of benzene rings is 2. The molecular formula is C22H26ClN3O. The highest BCUT2D eigenvalue weighted by atomic mass is 35.5. The monoisotopic (exact) mass is 383 g/mol. The Balaban J connectivity index is 1.75. The van der Waals surface area contributed by atoms with Crippen molar-refractivity contribution in [3.05, 3.63) is 63.7 Å². The first-order valence-electron chi connectivity index (χ1n) is 9.16. The smallest absolute Gasteiger partial charge is 0.272 e. The number of fused-ring (bicyclic) bond motifs is 1. The number of halogens is 1. The molecule has 0 bridgehead atoms. The molecule has 0 aliphatic carbocycles. The molecule has 0 fully saturated rings. The molecule has 1 atom stereocenters. The number of carbonyl (C=O) groups excluding carboxylic acids is 1. The lowest BCUT2D eigenvalue weighted by Crippen LogP contribution is -2.45. The fraction of sp³-hybridized carbons (Fsp3) is 0.364. The van der Waals surface area contributed by atoms with Gasteiger partial charge in [-0.25, -0.2) is 5.43 Å². The zero-order chi connectivity index (χ0) is 19.8. The third-order valence-corrected chi connectivity index (χ3v) is 5.72. The fourth-order valence-electron chi connectivity index (χ4n) is 3.71. The predicted octanol–water partition coefficient (Wildman–Crippen LogP) is 5.13. The van der Waals surface area contributed by atoms with E-state index in [1.807, 2.05) is 19.1 Å². The lowest BCUT2D eigenvalue weighted by atomic mass is 9.80. The Morgan fingerprint density at radius 2 is 2.04 bits per heavy atom. The molecule has 27 heavy (non-hydrogen) atoms. The Morgan fingerprint density at radius 1 is 1.30 bits per heavy atom. The molecule has 1 heterocycles. The van der Waals surface area contributed by atoms with Crippen molar-refractivity contribution < 1.29 is 4.79 Å². The van der Waals surface area contributed by atoms with Gasteiger partial charge in [-0.1, -0.05) is 30.7 Å². The summed E-state index contributed by atoms with van der Waals surface area (Å²) in [5, 5.41) is 4.53. The van der Waals surface area contributed by atoms with Crippen molar-refractivity contribution >= 4 is 29.4 Å². The number of anilines is 1. The summed E-state index contributed by atoms with van der Waals surface area (Å²) >= 11 is 6.14. The van der Waals surface area contributed by atoms with Crippen molar-refractivity contribution in [1.82, 2.24) is 5.43 Å². The van der Waals surface area contributed by atoms with Gasteiger partial charge in [0.05, 0.1) is 16.8 Å². The average Bonchev–Trinajstić information content (AvgIpc) is 2.59. The van der Waals surface area contributed by atoms with Crippen molar-refractivity contribution in [2.24, 2.45) is 5.10 Å². The van der Waals surface area contributed by atoms with Gasteiger partial charge in [-0.05, 0) is 74.1 Å². The van der Waals surface area contributed by atoms with E-state index in [2.05, 4.69) is 55.4 Å². The second kappa shape index (κ2) is 7.35. The first kappa shape index (κ1) is 19.4. The largest absolute Gasteiger partial charge is 0.369 e. The third-order valence-electron chi connectivity index (χ3n) is 5.41. The number of rotatable bonds is 3. The standard InChI is InChI=1S/C22H26ClN3O/c1-14-6-8-17(19(23)10-14)21(27)25-24-13-16-7-9-20-18(11-16)15(2)12-22(3,4)26(20)5/h6-11,13,15H,12H2,1-5H3,(H,25,27)/b24-13-. The number of amides is 1. The van der Waals surface area contributed by atoms with Gasteiger partial charge in [0.2, 0.25) is 0 Å². The zero-order valence-corrected chi connectivity index (χ0v) is 17.3. The molecule has 0 radical (unpaired) electrons. The lowest BCUT2D eigenvalue weighted by molar-refractivity contribution is 0.0955. The number of carbonyl (C=O) groups is 1. The maximum atomic E-state index is 12.3. The van der Waals surface area contributed by atoms with Crippen LogP contribution in [0.4, 0.5) is 5.69 Å². The van der Waals surface area contributed by atoms with Crippen molar-refractivity contribution in [1.29, 1.82) is 0 Å².